The second-order valence-electron chi connectivity index (χ2n) is 6.71. The molecular formula is C18H24BrN3O. The van der Waals surface area contributed by atoms with Crippen LogP contribution < -0.4 is 0 Å². The van der Waals surface area contributed by atoms with E-state index in [2.05, 4.69) is 35.8 Å². The number of aryl methyl sites for hydroxylation is 2. The Hall–Kier alpha value is -1.36. The molecule has 1 atom stereocenters. The van der Waals surface area contributed by atoms with Crippen LogP contribution in [0.25, 0.3) is 5.65 Å². The molecule has 0 spiro atoms. The smallest absolute Gasteiger partial charge is 0.272 e. The Labute approximate surface area is 146 Å². The van der Waals surface area contributed by atoms with Gasteiger partial charge in [0.25, 0.3) is 5.91 Å². The minimum absolute atomic E-state index is 0.130. The number of fused-ring (bicyclic) bond motifs is 1. The SMILES string of the molecule is CCCc1nc2c(Br)cc(C)cn2c1C(=O)N1CCCC(C)C1. The van der Waals surface area contributed by atoms with Crippen molar-refractivity contribution in [2.24, 2.45) is 5.92 Å². The first kappa shape index (κ1) is 16.5. The Balaban J connectivity index is 2.10. The molecule has 1 amide bonds. The zero-order valence-electron chi connectivity index (χ0n) is 14.1. The van der Waals surface area contributed by atoms with Gasteiger partial charge in [0, 0.05) is 19.3 Å². The quantitative estimate of drug-likeness (QED) is 0.802. The summed E-state index contributed by atoms with van der Waals surface area (Å²) in [7, 11) is 0. The van der Waals surface area contributed by atoms with Crippen molar-refractivity contribution in [1.29, 1.82) is 0 Å². The predicted molar refractivity (Wildman–Crippen MR) is 95.9 cm³/mol. The Kier molecular flexibility index (Phi) is 4.76. The highest BCUT2D eigenvalue weighted by Crippen LogP contribution is 2.26. The minimum atomic E-state index is 0.130. The summed E-state index contributed by atoms with van der Waals surface area (Å²) in [6.07, 6.45) is 6.14. The van der Waals surface area contributed by atoms with Crippen molar-refractivity contribution >= 4 is 27.5 Å². The van der Waals surface area contributed by atoms with E-state index in [9.17, 15) is 4.79 Å². The van der Waals surface area contributed by atoms with Crippen LogP contribution in [0, 0.1) is 12.8 Å². The fourth-order valence-electron chi connectivity index (χ4n) is 3.44. The van der Waals surface area contributed by atoms with Gasteiger partial charge in [0.2, 0.25) is 0 Å². The van der Waals surface area contributed by atoms with E-state index in [1.165, 1.54) is 6.42 Å². The summed E-state index contributed by atoms with van der Waals surface area (Å²) >= 11 is 3.59. The molecule has 3 heterocycles. The van der Waals surface area contributed by atoms with Crippen LogP contribution in [0.15, 0.2) is 16.7 Å². The van der Waals surface area contributed by atoms with Crippen LogP contribution >= 0.6 is 15.9 Å². The summed E-state index contributed by atoms with van der Waals surface area (Å²) in [5, 5.41) is 0. The van der Waals surface area contributed by atoms with Crippen LogP contribution in [0.5, 0.6) is 0 Å². The number of rotatable bonds is 3. The van der Waals surface area contributed by atoms with Crippen molar-refractivity contribution in [3.63, 3.8) is 0 Å². The third kappa shape index (κ3) is 3.16. The van der Waals surface area contributed by atoms with Gasteiger partial charge in [-0.2, -0.15) is 0 Å². The Morgan fingerprint density at radius 3 is 2.96 bits per heavy atom. The van der Waals surface area contributed by atoms with Crippen LogP contribution in [0.2, 0.25) is 0 Å². The summed E-state index contributed by atoms with van der Waals surface area (Å²) in [5.74, 6) is 0.708. The molecule has 0 bridgehead atoms. The number of piperidine rings is 1. The Morgan fingerprint density at radius 2 is 2.26 bits per heavy atom. The lowest BCUT2D eigenvalue weighted by atomic mass is 10.00. The molecule has 0 aromatic carbocycles. The number of hydrogen-bond donors (Lipinski definition) is 0. The molecule has 0 radical (unpaired) electrons. The van der Waals surface area contributed by atoms with Crippen molar-refractivity contribution in [1.82, 2.24) is 14.3 Å². The summed E-state index contributed by atoms with van der Waals surface area (Å²) in [4.78, 5) is 19.9. The second-order valence-corrected chi connectivity index (χ2v) is 7.57. The lowest BCUT2D eigenvalue weighted by molar-refractivity contribution is 0.0674. The van der Waals surface area contributed by atoms with Gasteiger partial charge in [0.05, 0.1) is 10.2 Å². The lowest BCUT2D eigenvalue weighted by Crippen LogP contribution is -2.40. The van der Waals surface area contributed by atoms with Gasteiger partial charge in [0.15, 0.2) is 5.65 Å². The molecule has 0 saturated carbocycles. The van der Waals surface area contributed by atoms with Gasteiger partial charge in [-0.05, 0) is 59.7 Å². The van der Waals surface area contributed by atoms with Gasteiger partial charge in [-0.25, -0.2) is 4.98 Å². The first-order valence-electron chi connectivity index (χ1n) is 8.47. The standard InChI is InChI=1S/C18H24BrN3O/c1-4-6-15-16(18(23)21-8-5-7-12(2)10-21)22-11-13(3)9-14(19)17(22)20-15/h9,11-12H,4-8,10H2,1-3H3. The highest BCUT2D eigenvalue weighted by Gasteiger charge is 2.27. The number of hydrogen-bond acceptors (Lipinski definition) is 2. The topological polar surface area (TPSA) is 37.6 Å². The van der Waals surface area contributed by atoms with Gasteiger partial charge in [0.1, 0.15) is 5.69 Å². The lowest BCUT2D eigenvalue weighted by Gasteiger charge is -2.31. The van der Waals surface area contributed by atoms with E-state index in [-0.39, 0.29) is 5.91 Å². The van der Waals surface area contributed by atoms with E-state index in [1.54, 1.807) is 0 Å². The summed E-state index contributed by atoms with van der Waals surface area (Å²) in [5.41, 5.74) is 3.63. The Bertz CT molecular complexity index is 737. The number of carbonyl (C=O) groups excluding carboxylic acids is 1. The van der Waals surface area contributed by atoms with Crippen molar-refractivity contribution in [2.75, 3.05) is 13.1 Å². The van der Waals surface area contributed by atoms with E-state index in [0.29, 0.717) is 5.92 Å². The number of halogens is 1. The molecule has 2 aromatic heterocycles. The van der Waals surface area contributed by atoms with Crippen molar-refractivity contribution in [3.05, 3.63) is 33.7 Å². The molecule has 5 heteroatoms. The molecular weight excluding hydrogens is 354 g/mol. The third-order valence-electron chi connectivity index (χ3n) is 4.52. The largest absolute Gasteiger partial charge is 0.337 e. The third-order valence-corrected chi connectivity index (χ3v) is 5.10. The molecule has 23 heavy (non-hydrogen) atoms. The van der Waals surface area contributed by atoms with Gasteiger partial charge >= 0.3 is 0 Å². The maximum absolute atomic E-state index is 13.2. The number of imidazole rings is 1. The van der Waals surface area contributed by atoms with E-state index < -0.39 is 0 Å². The fourth-order valence-corrected chi connectivity index (χ4v) is 4.08. The molecule has 1 unspecified atom stereocenters. The normalized spacial score (nSPS) is 18.6. The number of amides is 1. The maximum atomic E-state index is 13.2. The monoisotopic (exact) mass is 377 g/mol. The number of pyridine rings is 1. The molecule has 1 saturated heterocycles. The van der Waals surface area contributed by atoms with Crippen molar-refractivity contribution in [2.45, 2.75) is 46.5 Å². The average Bonchev–Trinajstić information content (AvgIpc) is 2.85. The van der Waals surface area contributed by atoms with Crippen LogP contribution in [-0.2, 0) is 6.42 Å². The number of carbonyl (C=O) groups is 1. The number of nitrogens with zero attached hydrogens (tertiary/aromatic N) is 3. The summed E-state index contributed by atoms with van der Waals surface area (Å²) in [6.45, 7) is 8.10. The van der Waals surface area contributed by atoms with Gasteiger partial charge in [-0.1, -0.05) is 20.3 Å². The number of likely N-dealkylation sites (tertiary alicyclic amines) is 1. The Morgan fingerprint density at radius 1 is 1.48 bits per heavy atom. The van der Waals surface area contributed by atoms with E-state index >= 15 is 0 Å². The molecule has 1 aliphatic heterocycles. The highest BCUT2D eigenvalue weighted by atomic mass is 79.9. The van der Waals surface area contributed by atoms with Gasteiger partial charge < -0.3 is 4.90 Å². The van der Waals surface area contributed by atoms with Crippen LogP contribution in [0.3, 0.4) is 0 Å². The molecule has 2 aromatic rings. The van der Waals surface area contributed by atoms with Crippen LogP contribution in [0.4, 0.5) is 0 Å². The average molecular weight is 378 g/mol. The van der Waals surface area contributed by atoms with Crippen molar-refractivity contribution in [3.8, 4) is 0 Å². The van der Waals surface area contributed by atoms with E-state index in [4.69, 9.17) is 4.98 Å². The number of aromatic nitrogens is 2. The van der Waals surface area contributed by atoms with Gasteiger partial charge in [-0.3, -0.25) is 9.20 Å². The summed E-state index contributed by atoms with van der Waals surface area (Å²) < 4.78 is 2.92. The second kappa shape index (κ2) is 6.63. The zero-order chi connectivity index (χ0) is 16.6. The predicted octanol–water partition coefficient (Wildman–Crippen LogP) is 4.23. The van der Waals surface area contributed by atoms with Crippen LogP contribution in [-0.4, -0.2) is 33.3 Å². The highest BCUT2D eigenvalue weighted by molar-refractivity contribution is 9.10. The molecule has 4 nitrogen and oxygen atoms in total. The fraction of sp³-hybridized carbons (Fsp3) is 0.556. The summed E-state index contributed by atoms with van der Waals surface area (Å²) in [6, 6.07) is 2.05. The molecule has 3 rings (SSSR count). The maximum Gasteiger partial charge on any atom is 0.272 e. The van der Waals surface area contributed by atoms with E-state index in [0.717, 1.165) is 59.4 Å². The molecule has 1 fully saturated rings. The van der Waals surface area contributed by atoms with E-state index in [1.807, 2.05) is 22.4 Å². The first-order chi connectivity index (χ1) is 11.0. The van der Waals surface area contributed by atoms with Crippen LogP contribution in [0.1, 0.15) is 54.9 Å². The molecule has 124 valence electrons. The zero-order valence-corrected chi connectivity index (χ0v) is 15.7. The molecule has 0 aliphatic carbocycles. The molecule has 1 aliphatic rings. The first-order valence-corrected chi connectivity index (χ1v) is 9.27. The van der Waals surface area contributed by atoms with Gasteiger partial charge in [-0.15, -0.1) is 0 Å². The molecule has 0 N–H and O–H groups in total. The minimum Gasteiger partial charge on any atom is -0.337 e. The van der Waals surface area contributed by atoms with Crippen molar-refractivity contribution < 1.29 is 4.79 Å².